The molecule has 1 N–H and O–H groups in total. The fourth-order valence-corrected chi connectivity index (χ4v) is 5.80. The number of halogens is 1. The highest BCUT2D eigenvalue weighted by Crippen LogP contribution is 2.43. The molecule has 0 aromatic carbocycles. The Bertz CT molecular complexity index is 562. The molecule has 0 bridgehead atoms. The molecule has 3 aliphatic rings. The highest BCUT2D eigenvalue weighted by molar-refractivity contribution is 14.0. The molecule has 1 aliphatic carbocycles. The number of aliphatic imine (C=N–C) groups is 1. The van der Waals surface area contributed by atoms with Crippen LogP contribution in [-0.2, 0) is 9.84 Å². The van der Waals surface area contributed by atoms with Crippen molar-refractivity contribution in [1.82, 2.24) is 15.1 Å². The number of guanidine groups is 1. The molecule has 3 rings (SSSR count). The molecule has 26 heavy (non-hydrogen) atoms. The first-order valence-corrected chi connectivity index (χ1v) is 11.8. The van der Waals surface area contributed by atoms with Crippen LogP contribution in [0, 0.1) is 5.41 Å². The van der Waals surface area contributed by atoms with Gasteiger partial charge in [-0.25, -0.2) is 8.42 Å². The Morgan fingerprint density at radius 3 is 2.42 bits per heavy atom. The lowest BCUT2D eigenvalue weighted by atomic mass is 9.73. The molecule has 6 nitrogen and oxygen atoms in total. The topological polar surface area (TPSA) is 65.0 Å². The van der Waals surface area contributed by atoms with Gasteiger partial charge in [0.05, 0.1) is 18.1 Å². The van der Waals surface area contributed by atoms with Crippen molar-refractivity contribution in [2.75, 3.05) is 57.3 Å². The minimum absolute atomic E-state index is 0. The number of nitrogens with one attached hydrogen (secondary N) is 1. The third kappa shape index (κ3) is 5.95. The Kier molecular flexibility index (Phi) is 8.46. The van der Waals surface area contributed by atoms with Crippen LogP contribution in [0.4, 0.5) is 0 Å². The number of nitrogens with zero attached hydrogens (tertiary/aromatic N) is 3. The van der Waals surface area contributed by atoms with Gasteiger partial charge in [0.15, 0.2) is 15.8 Å². The lowest BCUT2D eigenvalue weighted by Gasteiger charge is -2.33. The zero-order valence-electron chi connectivity index (χ0n) is 16.1. The summed E-state index contributed by atoms with van der Waals surface area (Å²) in [5.41, 5.74) is 0.537. The summed E-state index contributed by atoms with van der Waals surface area (Å²) in [5.74, 6) is 1.64. The summed E-state index contributed by atoms with van der Waals surface area (Å²) in [6, 6.07) is 0. The fraction of sp³-hybridized carbons (Fsp3) is 0.944. The fourth-order valence-electron chi connectivity index (χ4n) is 4.52. The van der Waals surface area contributed by atoms with Gasteiger partial charge in [-0.2, -0.15) is 0 Å². The van der Waals surface area contributed by atoms with E-state index in [1.807, 2.05) is 0 Å². The third-order valence-electron chi connectivity index (χ3n) is 6.10. The van der Waals surface area contributed by atoms with Gasteiger partial charge in [-0.15, -0.1) is 24.0 Å². The van der Waals surface area contributed by atoms with Crippen molar-refractivity contribution in [2.24, 2.45) is 10.4 Å². The van der Waals surface area contributed by atoms with Crippen LogP contribution in [-0.4, -0.2) is 81.5 Å². The Morgan fingerprint density at radius 1 is 1.08 bits per heavy atom. The molecule has 0 atom stereocenters. The second kappa shape index (κ2) is 9.91. The van der Waals surface area contributed by atoms with Gasteiger partial charge in [0, 0.05) is 39.3 Å². The molecule has 2 saturated heterocycles. The second-order valence-corrected chi connectivity index (χ2v) is 10.3. The summed E-state index contributed by atoms with van der Waals surface area (Å²) in [6.07, 6.45) is 8.25. The van der Waals surface area contributed by atoms with E-state index < -0.39 is 9.84 Å². The van der Waals surface area contributed by atoms with Crippen molar-refractivity contribution in [3.8, 4) is 0 Å². The summed E-state index contributed by atoms with van der Waals surface area (Å²) in [7, 11) is -2.79. The molecule has 0 radical (unpaired) electrons. The van der Waals surface area contributed by atoms with Gasteiger partial charge in [-0.1, -0.05) is 19.3 Å². The number of hydrogen-bond donors (Lipinski definition) is 1. The molecule has 2 heterocycles. The predicted molar refractivity (Wildman–Crippen MR) is 118 cm³/mol. The quantitative estimate of drug-likeness (QED) is 0.365. The van der Waals surface area contributed by atoms with Crippen molar-refractivity contribution in [3.05, 3.63) is 0 Å². The molecule has 1 saturated carbocycles. The van der Waals surface area contributed by atoms with E-state index in [4.69, 9.17) is 4.99 Å². The lowest BCUT2D eigenvalue weighted by Crippen LogP contribution is -2.43. The summed E-state index contributed by atoms with van der Waals surface area (Å²) in [6.45, 7) is 8.19. The van der Waals surface area contributed by atoms with Gasteiger partial charge >= 0.3 is 0 Å². The third-order valence-corrected chi connectivity index (χ3v) is 7.71. The molecular formula is C18H35IN4O2S. The molecule has 8 heteroatoms. The van der Waals surface area contributed by atoms with Gasteiger partial charge in [0.2, 0.25) is 0 Å². The smallest absolute Gasteiger partial charge is 0.193 e. The zero-order valence-corrected chi connectivity index (χ0v) is 19.2. The van der Waals surface area contributed by atoms with E-state index in [1.165, 1.54) is 38.5 Å². The van der Waals surface area contributed by atoms with Gasteiger partial charge in [-0.05, 0) is 31.6 Å². The van der Waals surface area contributed by atoms with E-state index in [1.54, 1.807) is 0 Å². The standard InChI is InChI=1S/C18H34N4O2S.HI/c1-2-19-17(20-9-11-21-12-14-25(23,24)15-13-21)22-10-8-18(16-22)6-4-3-5-7-18;/h2-16H2,1H3,(H,19,20);1H. The Labute approximate surface area is 176 Å². The average molecular weight is 498 g/mol. The molecule has 0 unspecified atom stereocenters. The molecule has 1 spiro atoms. The summed E-state index contributed by atoms with van der Waals surface area (Å²) < 4.78 is 23.0. The largest absolute Gasteiger partial charge is 0.357 e. The van der Waals surface area contributed by atoms with E-state index in [0.29, 0.717) is 30.0 Å². The number of rotatable bonds is 4. The van der Waals surface area contributed by atoms with Crippen LogP contribution < -0.4 is 5.32 Å². The van der Waals surface area contributed by atoms with E-state index in [9.17, 15) is 8.42 Å². The van der Waals surface area contributed by atoms with E-state index in [0.717, 1.165) is 38.7 Å². The zero-order chi connectivity index (χ0) is 17.8. The Balaban J connectivity index is 0.00000243. The van der Waals surface area contributed by atoms with Gasteiger partial charge < -0.3 is 10.2 Å². The first kappa shape index (κ1) is 22.2. The van der Waals surface area contributed by atoms with Crippen LogP contribution in [0.25, 0.3) is 0 Å². The molecule has 152 valence electrons. The van der Waals surface area contributed by atoms with Gasteiger partial charge in [0.25, 0.3) is 0 Å². The van der Waals surface area contributed by atoms with Crippen LogP contribution in [0.5, 0.6) is 0 Å². The summed E-state index contributed by atoms with van der Waals surface area (Å²) >= 11 is 0. The molecule has 0 aromatic rings. The predicted octanol–water partition coefficient (Wildman–Crippen LogP) is 1.96. The van der Waals surface area contributed by atoms with E-state index >= 15 is 0 Å². The highest BCUT2D eigenvalue weighted by Gasteiger charge is 2.39. The molecule has 3 fully saturated rings. The molecule has 0 amide bonds. The van der Waals surface area contributed by atoms with Crippen LogP contribution in [0.3, 0.4) is 0 Å². The maximum atomic E-state index is 11.5. The summed E-state index contributed by atoms with van der Waals surface area (Å²) in [4.78, 5) is 9.52. The molecular weight excluding hydrogens is 463 g/mol. The van der Waals surface area contributed by atoms with Crippen LogP contribution in [0.1, 0.15) is 45.4 Å². The summed E-state index contributed by atoms with van der Waals surface area (Å²) in [5, 5.41) is 3.46. The molecule has 2 aliphatic heterocycles. The van der Waals surface area contributed by atoms with E-state index in [2.05, 4.69) is 22.0 Å². The SMILES string of the molecule is CCNC(=NCCN1CCS(=O)(=O)CC1)N1CCC2(CCCCC2)C1.I. The molecule has 0 aromatic heterocycles. The van der Waals surface area contributed by atoms with Crippen LogP contribution in [0.15, 0.2) is 4.99 Å². The number of sulfone groups is 1. The maximum absolute atomic E-state index is 11.5. The van der Waals surface area contributed by atoms with Crippen molar-refractivity contribution < 1.29 is 8.42 Å². The average Bonchev–Trinajstić information content (AvgIpc) is 2.99. The Hall–Kier alpha value is -0.0900. The normalized spacial score (nSPS) is 25.9. The van der Waals surface area contributed by atoms with Gasteiger partial charge in [-0.3, -0.25) is 9.89 Å². The maximum Gasteiger partial charge on any atom is 0.193 e. The number of hydrogen-bond acceptors (Lipinski definition) is 4. The van der Waals surface area contributed by atoms with Crippen molar-refractivity contribution in [3.63, 3.8) is 0 Å². The minimum atomic E-state index is -2.79. The van der Waals surface area contributed by atoms with Gasteiger partial charge in [0.1, 0.15) is 0 Å². The highest BCUT2D eigenvalue weighted by atomic mass is 127. The first-order valence-electron chi connectivity index (χ1n) is 9.98. The van der Waals surface area contributed by atoms with Crippen molar-refractivity contribution >= 4 is 39.8 Å². The van der Waals surface area contributed by atoms with Crippen LogP contribution >= 0.6 is 24.0 Å². The Morgan fingerprint density at radius 2 is 1.77 bits per heavy atom. The number of likely N-dealkylation sites (tertiary alicyclic amines) is 1. The second-order valence-electron chi connectivity index (χ2n) is 7.96. The van der Waals surface area contributed by atoms with Crippen molar-refractivity contribution in [1.29, 1.82) is 0 Å². The lowest BCUT2D eigenvalue weighted by molar-refractivity contribution is 0.203. The van der Waals surface area contributed by atoms with Crippen molar-refractivity contribution in [2.45, 2.75) is 45.4 Å². The van der Waals surface area contributed by atoms with E-state index in [-0.39, 0.29) is 24.0 Å². The monoisotopic (exact) mass is 498 g/mol. The van der Waals surface area contributed by atoms with Crippen LogP contribution in [0.2, 0.25) is 0 Å². The first-order chi connectivity index (χ1) is 12.0. The minimum Gasteiger partial charge on any atom is -0.357 e.